The molecule has 1 amide bonds. The maximum absolute atomic E-state index is 12.5. The van der Waals surface area contributed by atoms with E-state index in [-0.39, 0.29) is 11.8 Å². The minimum absolute atomic E-state index is 0.182. The van der Waals surface area contributed by atoms with Gasteiger partial charge in [-0.25, -0.2) is 0 Å². The van der Waals surface area contributed by atoms with Crippen LogP contribution in [0.15, 0.2) is 48.7 Å². The van der Waals surface area contributed by atoms with Gasteiger partial charge in [0, 0.05) is 29.1 Å². The molecule has 0 unspecified atom stereocenters. The number of hydrogen-bond acceptors (Lipinski definition) is 4. The molecule has 3 aromatic rings. The topological polar surface area (TPSA) is 73.2 Å². The number of carbonyl (C=O) groups is 2. The molecule has 0 atom stereocenters. The van der Waals surface area contributed by atoms with E-state index in [2.05, 4.69) is 5.32 Å². The Morgan fingerprint density at radius 3 is 2.61 bits per heavy atom. The Balaban J connectivity index is 1.60. The van der Waals surface area contributed by atoms with Crippen LogP contribution in [0.4, 0.5) is 5.69 Å². The lowest BCUT2D eigenvalue weighted by Crippen LogP contribution is -2.19. The second-order valence-corrected chi connectivity index (χ2v) is 7.25. The van der Waals surface area contributed by atoms with Crippen LogP contribution in [0.3, 0.4) is 0 Å². The first kappa shape index (κ1) is 18.2. The van der Waals surface area contributed by atoms with Gasteiger partial charge in [-0.3, -0.25) is 9.48 Å². The molecule has 0 spiro atoms. The summed E-state index contributed by atoms with van der Waals surface area (Å²) in [6, 6.07) is 13.1. The average Bonchev–Trinajstić information content (AvgIpc) is 3.16. The Hall–Kier alpha value is -3.15. The molecule has 1 aliphatic carbocycles. The normalized spacial score (nSPS) is 19.3. The lowest BCUT2D eigenvalue weighted by atomic mass is 9.87. The predicted molar refractivity (Wildman–Crippen MR) is 108 cm³/mol. The van der Waals surface area contributed by atoms with Gasteiger partial charge >= 0.3 is 0 Å². The summed E-state index contributed by atoms with van der Waals surface area (Å²) < 4.78 is 7.46. The summed E-state index contributed by atoms with van der Waals surface area (Å²) in [5.41, 5.74) is 2.03. The zero-order valence-corrected chi connectivity index (χ0v) is 15.8. The van der Waals surface area contributed by atoms with E-state index in [1.54, 1.807) is 19.2 Å². The third-order valence-electron chi connectivity index (χ3n) is 5.44. The second-order valence-electron chi connectivity index (χ2n) is 7.25. The van der Waals surface area contributed by atoms with E-state index < -0.39 is 0 Å². The van der Waals surface area contributed by atoms with Crippen molar-refractivity contribution >= 4 is 28.8 Å². The summed E-state index contributed by atoms with van der Waals surface area (Å²) in [5, 5.41) is 8.59. The first-order valence-corrected chi connectivity index (χ1v) is 9.56. The summed E-state index contributed by atoms with van der Waals surface area (Å²) in [5.74, 6) is 0.575. The van der Waals surface area contributed by atoms with Crippen molar-refractivity contribution in [1.29, 1.82) is 0 Å². The Kier molecular flexibility index (Phi) is 5.10. The summed E-state index contributed by atoms with van der Waals surface area (Å²) in [4.78, 5) is 23.5. The van der Waals surface area contributed by atoms with Gasteiger partial charge in [0.2, 0.25) is 0 Å². The molecule has 1 saturated carbocycles. The number of hydrogen-bond donors (Lipinski definition) is 1. The molecule has 6 heteroatoms. The SMILES string of the molecule is COc1cc2nn(C3CCC(C=O)CC3)cc2cc1NC(=O)c1ccccc1. The van der Waals surface area contributed by atoms with Gasteiger partial charge in [-0.2, -0.15) is 5.10 Å². The molecule has 4 rings (SSSR count). The Morgan fingerprint density at radius 1 is 1.18 bits per heavy atom. The molecular formula is C22H23N3O3. The monoisotopic (exact) mass is 377 g/mol. The number of benzene rings is 2. The molecule has 0 radical (unpaired) electrons. The van der Waals surface area contributed by atoms with E-state index in [0.29, 0.717) is 23.0 Å². The molecule has 6 nitrogen and oxygen atoms in total. The predicted octanol–water partition coefficient (Wildman–Crippen LogP) is 4.23. The number of amides is 1. The molecule has 1 aliphatic rings. The molecule has 2 aromatic carbocycles. The number of aldehydes is 1. The summed E-state index contributed by atoms with van der Waals surface area (Å²) in [6.45, 7) is 0. The maximum Gasteiger partial charge on any atom is 0.255 e. The molecule has 144 valence electrons. The van der Waals surface area contributed by atoms with Gasteiger partial charge in [0.1, 0.15) is 12.0 Å². The molecule has 28 heavy (non-hydrogen) atoms. The van der Waals surface area contributed by atoms with Crippen molar-refractivity contribution < 1.29 is 14.3 Å². The Bertz CT molecular complexity index is 989. The molecule has 0 saturated heterocycles. The third-order valence-corrected chi connectivity index (χ3v) is 5.44. The average molecular weight is 377 g/mol. The first-order valence-electron chi connectivity index (χ1n) is 9.56. The number of nitrogens with one attached hydrogen (secondary N) is 1. The zero-order chi connectivity index (χ0) is 19.5. The highest BCUT2D eigenvalue weighted by Gasteiger charge is 2.23. The van der Waals surface area contributed by atoms with E-state index in [0.717, 1.165) is 42.9 Å². The van der Waals surface area contributed by atoms with E-state index >= 15 is 0 Å². The number of methoxy groups -OCH3 is 1. The van der Waals surface area contributed by atoms with Crippen LogP contribution in [0.5, 0.6) is 5.75 Å². The van der Waals surface area contributed by atoms with E-state index in [1.165, 1.54) is 0 Å². The van der Waals surface area contributed by atoms with Crippen molar-refractivity contribution in [2.45, 2.75) is 31.7 Å². The molecule has 1 N–H and O–H groups in total. The van der Waals surface area contributed by atoms with Crippen LogP contribution in [0, 0.1) is 5.92 Å². The van der Waals surface area contributed by atoms with Crippen molar-refractivity contribution in [2.75, 3.05) is 12.4 Å². The van der Waals surface area contributed by atoms with E-state index in [9.17, 15) is 9.59 Å². The van der Waals surface area contributed by atoms with Gasteiger partial charge in [0.15, 0.2) is 0 Å². The van der Waals surface area contributed by atoms with Gasteiger partial charge in [0.05, 0.1) is 24.4 Å². The van der Waals surface area contributed by atoms with Gasteiger partial charge in [-0.15, -0.1) is 0 Å². The fourth-order valence-corrected chi connectivity index (χ4v) is 3.81. The lowest BCUT2D eigenvalue weighted by Gasteiger charge is -2.25. The fourth-order valence-electron chi connectivity index (χ4n) is 3.81. The van der Waals surface area contributed by atoms with Crippen molar-refractivity contribution in [2.24, 2.45) is 5.92 Å². The lowest BCUT2D eigenvalue weighted by molar-refractivity contribution is -0.112. The number of anilines is 1. The molecule has 0 aliphatic heterocycles. The number of fused-ring (bicyclic) bond motifs is 1. The number of carbonyl (C=O) groups excluding carboxylic acids is 2. The molecule has 1 heterocycles. The van der Waals surface area contributed by atoms with Crippen LogP contribution in [0.25, 0.3) is 10.9 Å². The second kappa shape index (κ2) is 7.84. The summed E-state index contributed by atoms with van der Waals surface area (Å²) in [7, 11) is 1.58. The van der Waals surface area contributed by atoms with Crippen molar-refractivity contribution in [3.05, 3.63) is 54.2 Å². The number of rotatable bonds is 5. The Morgan fingerprint density at radius 2 is 1.93 bits per heavy atom. The quantitative estimate of drug-likeness (QED) is 0.676. The first-order chi connectivity index (χ1) is 13.7. The minimum Gasteiger partial charge on any atom is -0.494 e. The van der Waals surface area contributed by atoms with Crippen LogP contribution in [-0.2, 0) is 4.79 Å². The van der Waals surface area contributed by atoms with Crippen molar-refractivity contribution in [3.8, 4) is 5.75 Å². The van der Waals surface area contributed by atoms with Crippen LogP contribution >= 0.6 is 0 Å². The zero-order valence-electron chi connectivity index (χ0n) is 15.8. The van der Waals surface area contributed by atoms with Gasteiger partial charge in [0.25, 0.3) is 5.91 Å². The Labute approximate surface area is 163 Å². The smallest absolute Gasteiger partial charge is 0.255 e. The van der Waals surface area contributed by atoms with Crippen LogP contribution in [-0.4, -0.2) is 29.1 Å². The van der Waals surface area contributed by atoms with Gasteiger partial charge in [-0.05, 0) is 43.9 Å². The highest BCUT2D eigenvalue weighted by atomic mass is 16.5. The number of nitrogens with zero attached hydrogens (tertiary/aromatic N) is 2. The van der Waals surface area contributed by atoms with E-state index in [4.69, 9.17) is 9.84 Å². The highest BCUT2D eigenvalue weighted by Crippen LogP contribution is 2.34. The van der Waals surface area contributed by atoms with Gasteiger partial charge in [-0.1, -0.05) is 18.2 Å². The van der Waals surface area contributed by atoms with Crippen LogP contribution < -0.4 is 10.1 Å². The third kappa shape index (κ3) is 3.63. The fraction of sp³-hybridized carbons (Fsp3) is 0.318. The minimum atomic E-state index is -0.183. The maximum atomic E-state index is 12.5. The van der Waals surface area contributed by atoms with Crippen molar-refractivity contribution in [1.82, 2.24) is 9.78 Å². The standard InChI is InChI=1S/C22H23N3O3/c1-28-21-12-19-17(11-20(21)23-22(27)16-5-3-2-4-6-16)13-25(24-19)18-9-7-15(14-26)8-10-18/h2-6,11-15,18H,7-10H2,1H3,(H,23,27). The summed E-state index contributed by atoms with van der Waals surface area (Å²) >= 11 is 0. The number of ether oxygens (including phenoxy) is 1. The highest BCUT2D eigenvalue weighted by molar-refractivity contribution is 6.06. The number of aromatic nitrogens is 2. The van der Waals surface area contributed by atoms with Gasteiger partial charge < -0.3 is 14.8 Å². The van der Waals surface area contributed by atoms with E-state index in [1.807, 2.05) is 41.2 Å². The van der Waals surface area contributed by atoms with Crippen LogP contribution in [0.1, 0.15) is 42.1 Å². The molecule has 0 bridgehead atoms. The molecule has 1 aromatic heterocycles. The van der Waals surface area contributed by atoms with Crippen molar-refractivity contribution in [3.63, 3.8) is 0 Å². The molecule has 1 fully saturated rings. The summed E-state index contributed by atoms with van der Waals surface area (Å²) in [6.07, 6.45) is 6.80. The largest absolute Gasteiger partial charge is 0.494 e. The van der Waals surface area contributed by atoms with Crippen LogP contribution in [0.2, 0.25) is 0 Å². The molecular weight excluding hydrogens is 354 g/mol.